The molecule has 1 nitrogen and oxygen atoms in total. The van der Waals surface area contributed by atoms with E-state index in [1.807, 2.05) is 11.3 Å². The standard InChI is InChI=1S/C36H41NS/c1-23(2)29-11-9-12-30(20-29)31-17-16-25(4)32(21-31)22-37(33-18-14-24(3)15-19-33)28(7)36-27(6)35-26(5)10-8-13-34(35)38-36/h8-13,16-17,20-21,24,33H,1,7,14-15,18-19,22H2,2-6H3. The van der Waals surface area contributed by atoms with Crippen LogP contribution in [0, 0.1) is 26.7 Å². The van der Waals surface area contributed by atoms with E-state index in [4.69, 9.17) is 6.58 Å². The highest BCUT2D eigenvalue weighted by Crippen LogP contribution is 2.41. The van der Waals surface area contributed by atoms with Crippen molar-refractivity contribution in [1.29, 1.82) is 0 Å². The van der Waals surface area contributed by atoms with Crippen LogP contribution >= 0.6 is 11.3 Å². The Morgan fingerprint density at radius 2 is 1.58 bits per heavy atom. The van der Waals surface area contributed by atoms with E-state index in [0.717, 1.165) is 18.0 Å². The molecule has 1 aliphatic carbocycles. The third-order valence-electron chi connectivity index (χ3n) is 8.58. The maximum absolute atomic E-state index is 4.77. The third kappa shape index (κ3) is 5.24. The molecule has 5 rings (SSSR count). The number of aryl methyl sites for hydroxylation is 3. The number of hydrogen-bond donors (Lipinski definition) is 0. The van der Waals surface area contributed by atoms with Crippen LogP contribution in [0.2, 0.25) is 0 Å². The number of nitrogens with zero attached hydrogens (tertiary/aromatic N) is 1. The van der Waals surface area contributed by atoms with Crippen LogP contribution in [0.5, 0.6) is 0 Å². The Labute approximate surface area is 233 Å². The van der Waals surface area contributed by atoms with Crippen molar-refractivity contribution in [2.45, 2.75) is 72.9 Å². The summed E-state index contributed by atoms with van der Waals surface area (Å²) in [5.74, 6) is 0.820. The van der Waals surface area contributed by atoms with Gasteiger partial charge in [0.05, 0.1) is 4.88 Å². The van der Waals surface area contributed by atoms with Crippen molar-refractivity contribution in [3.63, 3.8) is 0 Å². The second-order valence-corrected chi connectivity index (χ2v) is 12.5. The summed E-state index contributed by atoms with van der Waals surface area (Å²) in [6.07, 6.45) is 5.07. The summed E-state index contributed by atoms with van der Waals surface area (Å²) in [7, 11) is 0. The molecular weight excluding hydrogens is 478 g/mol. The van der Waals surface area contributed by atoms with Crippen molar-refractivity contribution < 1.29 is 0 Å². The fraction of sp³-hybridized carbons (Fsp3) is 0.333. The molecule has 1 saturated carbocycles. The average molecular weight is 520 g/mol. The van der Waals surface area contributed by atoms with Gasteiger partial charge in [-0.2, -0.15) is 0 Å². The predicted octanol–water partition coefficient (Wildman–Crippen LogP) is 10.6. The lowest BCUT2D eigenvalue weighted by atomic mass is 9.86. The van der Waals surface area contributed by atoms with Crippen molar-refractivity contribution in [2.24, 2.45) is 5.92 Å². The molecule has 0 unspecified atom stereocenters. The van der Waals surface area contributed by atoms with Crippen LogP contribution in [-0.2, 0) is 6.54 Å². The fourth-order valence-electron chi connectivity index (χ4n) is 6.08. The summed E-state index contributed by atoms with van der Waals surface area (Å²) in [5.41, 5.74) is 11.5. The first kappa shape index (κ1) is 26.5. The molecule has 2 heteroatoms. The van der Waals surface area contributed by atoms with Crippen molar-refractivity contribution in [3.05, 3.63) is 107 Å². The number of rotatable bonds is 7. The van der Waals surface area contributed by atoms with Crippen LogP contribution < -0.4 is 0 Å². The van der Waals surface area contributed by atoms with Gasteiger partial charge in [0.1, 0.15) is 0 Å². The SMILES string of the molecule is C=C(C)c1cccc(-c2ccc(C)c(CN(C(=C)c3sc4cccc(C)c4c3C)C3CCC(C)CC3)c2)c1. The molecule has 1 aliphatic rings. The van der Waals surface area contributed by atoms with Gasteiger partial charge in [-0.15, -0.1) is 11.3 Å². The molecule has 4 aromatic rings. The van der Waals surface area contributed by atoms with E-state index in [9.17, 15) is 0 Å². The second kappa shape index (κ2) is 10.9. The number of thiophene rings is 1. The van der Waals surface area contributed by atoms with Gasteiger partial charge in [0, 0.05) is 23.0 Å². The number of allylic oxidation sites excluding steroid dienone is 1. The molecule has 1 aromatic heterocycles. The van der Waals surface area contributed by atoms with Crippen LogP contribution in [0.1, 0.15) is 72.2 Å². The van der Waals surface area contributed by atoms with Crippen LogP contribution in [-0.4, -0.2) is 10.9 Å². The van der Waals surface area contributed by atoms with Crippen LogP contribution in [0.4, 0.5) is 0 Å². The molecule has 0 spiro atoms. The van der Waals surface area contributed by atoms with Gasteiger partial charge in [-0.25, -0.2) is 0 Å². The van der Waals surface area contributed by atoms with E-state index in [1.54, 1.807) is 0 Å². The quantitative estimate of drug-likeness (QED) is 0.235. The molecule has 0 amide bonds. The Morgan fingerprint density at radius 3 is 2.29 bits per heavy atom. The van der Waals surface area contributed by atoms with E-state index in [-0.39, 0.29) is 0 Å². The molecule has 38 heavy (non-hydrogen) atoms. The monoisotopic (exact) mass is 519 g/mol. The molecule has 1 heterocycles. The zero-order valence-electron chi connectivity index (χ0n) is 23.7. The molecule has 0 aliphatic heterocycles. The fourth-order valence-corrected chi connectivity index (χ4v) is 7.35. The highest BCUT2D eigenvalue weighted by molar-refractivity contribution is 7.20. The lowest BCUT2D eigenvalue weighted by molar-refractivity contribution is 0.198. The van der Waals surface area contributed by atoms with Gasteiger partial charge < -0.3 is 4.90 Å². The van der Waals surface area contributed by atoms with Gasteiger partial charge in [-0.3, -0.25) is 0 Å². The Balaban J connectivity index is 1.53. The lowest BCUT2D eigenvalue weighted by Crippen LogP contribution is -2.36. The van der Waals surface area contributed by atoms with E-state index in [0.29, 0.717) is 6.04 Å². The largest absolute Gasteiger partial charge is 0.364 e. The normalized spacial score (nSPS) is 17.5. The smallest absolute Gasteiger partial charge is 0.0539 e. The highest BCUT2D eigenvalue weighted by atomic mass is 32.1. The number of fused-ring (bicyclic) bond motifs is 1. The van der Waals surface area contributed by atoms with E-state index < -0.39 is 0 Å². The minimum atomic E-state index is 0.527. The minimum Gasteiger partial charge on any atom is -0.364 e. The van der Waals surface area contributed by atoms with Crippen molar-refractivity contribution >= 4 is 32.7 Å². The Morgan fingerprint density at radius 1 is 0.868 bits per heavy atom. The van der Waals surface area contributed by atoms with Crippen molar-refractivity contribution in [2.75, 3.05) is 0 Å². The molecule has 0 radical (unpaired) electrons. The first-order valence-electron chi connectivity index (χ1n) is 14.0. The topological polar surface area (TPSA) is 3.24 Å². The van der Waals surface area contributed by atoms with Gasteiger partial charge in [0.2, 0.25) is 0 Å². The molecule has 196 valence electrons. The van der Waals surface area contributed by atoms with Gasteiger partial charge in [0.15, 0.2) is 0 Å². The lowest BCUT2D eigenvalue weighted by Gasteiger charge is -2.39. The zero-order valence-corrected chi connectivity index (χ0v) is 24.5. The predicted molar refractivity (Wildman–Crippen MR) is 169 cm³/mol. The van der Waals surface area contributed by atoms with E-state index in [1.165, 1.54) is 85.3 Å². The molecular formula is C36H41NS. The van der Waals surface area contributed by atoms with Crippen molar-refractivity contribution in [3.8, 4) is 11.1 Å². The second-order valence-electron chi connectivity index (χ2n) is 11.5. The molecule has 0 atom stereocenters. The van der Waals surface area contributed by atoms with Crippen LogP contribution in [0.3, 0.4) is 0 Å². The van der Waals surface area contributed by atoms with Crippen molar-refractivity contribution in [1.82, 2.24) is 4.90 Å². The highest BCUT2D eigenvalue weighted by Gasteiger charge is 2.28. The van der Waals surface area contributed by atoms with Gasteiger partial charge >= 0.3 is 0 Å². The number of benzene rings is 3. The summed E-state index contributed by atoms with van der Waals surface area (Å²) in [6.45, 7) is 21.1. The third-order valence-corrected chi connectivity index (χ3v) is 9.88. The summed E-state index contributed by atoms with van der Waals surface area (Å²) in [5, 5.41) is 1.40. The summed E-state index contributed by atoms with van der Waals surface area (Å²) in [6, 6.07) is 22.9. The molecule has 1 fully saturated rings. The summed E-state index contributed by atoms with van der Waals surface area (Å²) >= 11 is 1.91. The van der Waals surface area contributed by atoms with Gasteiger partial charge in [0.25, 0.3) is 0 Å². The van der Waals surface area contributed by atoms with Gasteiger partial charge in [-0.1, -0.05) is 68.1 Å². The average Bonchev–Trinajstić information content (AvgIpc) is 3.26. The zero-order chi connectivity index (χ0) is 27.0. The van der Waals surface area contributed by atoms with E-state index in [2.05, 4.69) is 107 Å². The Kier molecular flexibility index (Phi) is 7.63. The molecule has 0 saturated heterocycles. The number of hydrogen-bond acceptors (Lipinski definition) is 2. The maximum Gasteiger partial charge on any atom is 0.0539 e. The molecule has 3 aromatic carbocycles. The molecule has 0 N–H and O–H groups in total. The Bertz CT molecular complexity index is 1500. The Hall–Kier alpha value is -3.10. The summed E-state index contributed by atoms with van der Waals surface area (Å²) in [4.78, 5) is 3.99. The molecule has 0 bridgehead atoms. The first-order chi connectivity index (χ1) is 18.2. The van der Waals surface area contributed by atoms with E-state index >= 15 is 0 Å². The minimum absolute atomic E-state index is 0.527. The maximum atomic E-state index is 4.77. The van der Waals surface area contributed by atoms with Crippen LogP contribution in [0.25, 0.3) is 32.5 Å². The first-order valence-corrected chi connectivity index (χ1v) is 14.8. The van der Waals surface area contributed by atoms with Gasteiger partial charge in [-0.05, 0) is 122 Å². The summed E-state index contributed by atoms with van der Waals surface area (Å²) < 4.78 is 1.37. The van der Waals surface area contributed by atoms with Crippen LogP contribution in [0.15, 0.2) is 73.8 Å².